The fourth-order valence-corrected chi connectivity index (χ4v) is 1.36. The Labute approximate surface area is 98.5 Å². The monoisotopic (exact) mass is 238 g/mol. The number of aromatic nitrogens is 1. The quantitative estimate of drug-likeness (QED) is 0.766. The summed E-state index contributed by atoms with van der Waals surface area (Å²) in [6, 6.07) is 4.24. The maximum absolute atomic E-state index is 11.9. The average Bonchev–Trinajstić information content (AvgIpc) is 2.35. The van der Waals surface area contributed by atoms with Crippen molar-refractivity contribution < 1.29 is 19.8 Å². The van der Waals surface area contributed by atoms with Gasteiger partial charge in [0.15, 0.2) is 0 Å². The van der Waals surface area contributed by atoms with E-state index in [1.54, 1.807) is 6.92 Å². The number of hydrogen-bond donors (Lipinski definition) is 2. The van der Waals surface area contributed by atoms with E-state index in [4.69, 9.17) is 10.2 Å². The van der Waals surface area contributed by atoms with Gasteiger partial charge in [-0.3, -0.25) is 4.79 Å². The first-order valence-electron chi connectivity index (χ1n) is 5.20. The smallest absolute Gasteiger partial charge is 0.354 e. The van der Waals surface area contributed by atoms with Crippen LogP contribution in [0.3, 0.4) is 0 Å². The molecule has 0 unspecified atom stereocenters. The third-order valence-electron chi connectivity index (χ3n) is 2.23. The zero-order valence-electron chi connectivity index (χ0n) is 9.46. The number of carbonyl (C=O) groups excluding carboxylic acids is 1. The van der Waals surface area contributed by atoms with Crippen molar-refractivity contribution in [3.63, 3.8) is 0 Å². The van der Waals surface area contributed by atoms with Crippen LogP contribution in [0.4, 0.5) is 0 Å². The molecule has 0 spiro atoms. The van der Waals surface area contributed by atoms with Crippen LogP contribution in [-0.4, -0.2) is 51.7 Å². The molecule has 0 aliphatic heterocycles. The van der Waals surface area contributed by atoms with Gasteiger partial charge in [0.25, 0.3) is 5.91 Å². The summed E-state index contributed by atoms with van der Waals surface area (Å²) in [6.07, 6.45) is 0. The van der Waals surface area contributed by atoms with Gasteiger partial charge in [0.1, 0.15) is 11.4 Å². The highest BCUT2D eigenvalue weighted by molar-refractivity contribution is 5.94. The first-order valence-corrected chi connectivity index (χ1v) is 5.20. The number of nitrogens with zero attached hydrogens (tertiary/aromatic N) is 2. The summed E-state index contributed by atoms with van der Waals surface area (Å²) in [4.78, 5) is 27.8. The number of rotatable bonds is 5. The molecule has 1 amide bonds. The van der Waals surface area contributed by atoms with Crippen molar-refractivity contribution in [3.05, 3.63) is 29.6 Å². The SMILES string of the molecule is CCN(CCO)C(=O)c1cccc(C(=O)O)n1. The van der Waals surface area contributed by atoms with Crippen molar-refractivity contribution in [2.75, 3.05) is 19.7 Å². The predicted octanol–water partition coefficient (Wildman–Crippen LogP) is 0.234. The summed E-state index contributed by atoms with van der Waals surface area (Å²) < 4.78 is 0. The molecule has 0 saturated carbocycles. The minimum atomic E-state index is -1.18. The van der Waals surface area contributed by atoms with Gasteiger partial charge in [-0.2, -0.15) is 0 Å². The number of aromatic carboxylic acids is 1. The Hall–Kier alpha value is -1.95. The van der Waals surface area contributed by atoms with Crippen molar-refractivity contribution in [3.8, 4) is 0 Å². The fraction of sp³-hybridized carbons (Fsp3) is 0.364. The maximum atomic E-state index is 11.9. The summed E-state index contributed by atoms with van der Waals surface area (Å²) in [6.45, 7) is 2.26. The normalized spacial score (nSPS) is 10.0. The van der Waals surface area contributed by atoms with Crippen LogP contribution in [0.15, 0.2) is 18.2 Å². The number of amides is 1. The van der Waals surface area contributed by atoms with E-state index in [1.807, 2.05) is 0 Å². The first-order chi connectivity index (χ1) is 8.10. The lowest BCUT2D eigenvalue weighted by Gasteiger charge is -2.19. The van der Waals surface area contributed by atoms with Crippen LogP contribution in [0.5, 0.6) is 0 Å². The predicted molar refractivity (Wildman–Crippen MR) is 59.9 cm³/mol. The van der Waals surface area contributed by atoms with Crippen LogP contribution in [0.2, 0.25) is 0 Å². The molecule has 0 aromatic carbocycles. The highest BCUT2D eigenvalue weighted by Gasteiger charge is 2.16. The molecule has 0 aliphatic carbocycles. The Bertz CT molecular complexity index is 420. The zero-order chi connectivity index (χ0) is 12.8. The Balaban J connectivity index is 2.95. The number of carboxylic acid groups (broad SMARTS) is 1. The molecule has 6 nitrogen and oxygen atoms in total. The molecule has 1 heterocycles. The Morgan fingerprint density at radius 2 is 2.00 bits per heavy atom. The van der Waals surface area contributed by atoms with Gasteiger partial charge >= 0.3 is 5.97 Å². The number of aliphatic hydroxyl groups excluding tert-OH is 1. The van der Waals surface area contributed by atoms with E-state index in [-0.39, 0.29) is 30.4 Å². The summed E-state index contributed by atoms with van der Waals surface area (Å²) in [7, 11) is 0. The first kappa shape index (κ1) is 13.1. The van der Waals surface area contributed by atoms with Crippen molar-refractivity contribution >= 4 is 11.9 Å². The molecule has 1 aromatic rings. The number of carbonyl (C=O) groups is 2. The molecule has 0 radical (unpaired) electrons. The van der Waals surface area contributed by atoms with Crippen LogP contribution in [0.25, 0.3) is 0 Å². The van der Waals surface area contributed by atoms with Gasteiger partial charge in [-0.1, -0.05) is 6.07 Å². The summed E-state index contributed by atoms with van der Waals surface area (Å²) >= 11 is 0. The van der Waals surface area contributed by atoms with E-state index >= 15 is 0 Å². The number of likely N-dealkylation sites (N-methyl/N-ethyl adjacent to an activating group) is 1. The van der Waals surface area contributed by atoms with Gasteiger partial charge in [-0.25, -0.2) is 9.78 Å². The molecule has 1 rings (SSSR count). The van der Waals surface area contributed by atoms with E-state index in [0.717, 1.165) is 0 Å². The molecule has 6 heteroatoms. The third-order valence-corrected chi connectivity index (χ3v) is 2.23. The second kappa shape index (κ2) is 5.95. The minimum absolute atomic E-state index is 0.0696. The fourth-order valence-electron chi connectivity index (χ4n) is 1.36. The maximum Gasteiger partial charge on any atom is 0.354 e. The molecular weight excluding hydrogens is 224 g/mol. The number of pyridine rings is 1. The van der Waals surface area contributed by atoms with Crippen LogP contribution in [0.1, 0.15) is 27.9 Å². The molecule has 92 valence electrons. The Kier molecular flexibility index (Phi) is 4.59. The molecule has 17 heavy (non-hydrogen) atoms. The molecule has 1 aromatic heterocycles. The highest BCUT2D eigenvalue weighted by Crippen LogP contribution is 2.04. The third kappa shape index (κ3) is 3.25. The highest BCUT2D eigenvalue weighted by atomic mass is 16.4. The average molecular weight is 238 g/mol. The summed E-state index contributed by atoms with van der Waals surface area (Å²) in [5.74, 6) is -1.56. The lowest BCUT2D eigenvalue weighted by atomic mass is 10.2. The zero-order valence-corrected chi connectivity index (χ0v) is 9.46. The second-order valence-electron chi connectivity index (χ2n) is 3.32. The second-order valence-corrected chi connectivity index (χ2v) is 3.32. The van der Waals surface area contributed by atoms with Crippen molar-refractivity contribution in [2.24, 2.45) is 0 Å². The van der Waals surface area contributed by atoms with Gasteiger partial charge in [0.05, 0.1) is 6.61 Å². The Morgan fingerprint density at radius 1 is 1.35 bits per heavy atom. The number of hydrogen-bond acceptors (Lipinski definition) is 4. The van der Waals surface area contributed by atoms with Crippen LogP contribution >= 0.6 is 0 Å². The van der Waals surface area contributed by atoms with E-state index in [0.29, 0.717) is 6.54 Å². The lowest BCUT2D eigenvalue weighted by molar-refractivity contribution is 0.0689. The number of carboxylic acids is 1. The Morgan fingerprint density at radius 3 is 2.53 bits per heavy atom. The summed E-state index contributed by atoms with van der Waals surface area (Å²) in [5, 5.41) is 17.6. The molecule has 0 fully saturated rings. The van der Waals surface area contributed by atoms with Gasteiger partial charge < -0.3 is 15.1 Å². The standard InChI is InChI=1S/C11H14N2O4/c1-2-13(6-7-14)10(15)8-4-3-5-9(12-8)11(16)17/h3-5,14H,2,6-7H2,1H3,(H,16,17). The largest absolute Gasteiger partial charge is 0.477 e. The molecule has 0 saturated heterocycles. The molecule has 2 N–H and O–H groups in total. The van der Waals surface area contributed by atoms with E-state index in [9.17, 15) is 9.59 Å². The lowest BCUT2D eigenvalue weighted by Crippen LogP contribution is -2.34. The van der Waals surface area contributed by atoms with Gasteiger partial charge in [0.2, 0.25) is 0 Å². The molecule has 0 bridgehead atoms. The van der Waals surface area contributed by atoms with Crippen molar-refractivity contribution in [2.45, 2.75) is 6.92 Å². The molecule has 0 atom stereocenters. The van der Waals surface area contributed by atoms with Crippen LogP contribution in [-0.2, 0) is 0 Å². The van der Waals surface area contributed by atoms with Gasteiger partial charge in [-0.05, 0) is 19.1 Å². The van der Waals surface area contributed by atoms with Crippen LogP contribution in [0, 0.1) is 0 Å². The van der Waals surface area contributed by atoms with E-state index in [2.05, 4.69) is 4.98 Å². The van der Waals surface area contributed by atoms with E-state index < -0.39 is 5.97 Å². The van der Waals surface area contributed by atoms with Gasteiger partial charge in [0, 0.05) is 13.1 Å². The topological polar surface area (TPSA) is 90.7 Å². The molecule has 0 aliphatic rings. The number of aliphatic hydroxyl groups is 1. The van der Waals surface area contributed by atoms with Gasteiger partial charge in [-0.15, -0.1) is 0 Å². The van der Waals surface area contributed by atoms with Crippen molar-refractivity contribution in [1.29, 1.82) is 0 Å². The van der Waals surface area contributed by atoms with E-state index in [1.165, 1.54) is 23.1 Å². The molecular formula is C11H14N2O4. The van der Waals surface area contributed by atoms with Crippen LogP contribution < -0.4 is 0 Å². The minimum Gasteiger partial charge on any atom is -0.477 e. The summed E-state index contributed by atoms with van der Waals surface area (Å²) in [5.41, 5.74) is -0.101. The van der Waals surface area contributed by atoms with Crippen molar-refractivity contribution in [1.82, 2.24) is 9.88 Å².